The fraction of sp³-hybridized carbons (Fsp3) is 0.217. The first kappa shape index (κ1) is 13.1. The van der Waals surface area contributed by atoms with Crippen molar-refractivity contribution in [3.63, 3.8) is 0 Å². The molecule has 2 aliphatic rings. The molecule has 0 nitrogen and oxygen atoms in total. The van der Waals surface area contributed by atoms with E-state index in [4.69, 9.17) is 0 Å². The zero-order valence-electron chi connectivity index (χ0n) is 13.5. The summed E-state index contributed by atoms with van der Waals surface area (Å²) in [5.41, 5.74) is 13.7. The van der Waals surface area contributed by atoms with Gasteiger partial charge in [-0.1, -0.05) is 60.2 Å². The largest absolute Gasteiger partial charge is 0.0620 e. The van der Waals surface area contributed by atoms with Crippen LogP contribution < -0.4 is 0 Å². The van der Waals surface area contributed by atoms with Gasteiger partial charge in [0.05, 0.1) is 0 Å². The first-order chi connectivity index (χ1) is 11.3. The SMILES string of the molecule is Cc1ccc2c(c1)Cc1c(ccc3c1Cc1ccccc1C3)C2. The van der Waals surface area contributed by atoms with E-state index in [1.807, 2.05) is 0 Å². The molecule has 0 spiro atoms. The highest BCUT2D eigenvalue weighted by Gasteiger charge is 2.23. The molecule has 0 bridgehead atoms. The second-order valence-electron chi connectivity index (χ2n) is 7.09. The van der Waals surface area contributed by atoms with Crippen LogP contribution in [0.1, 0.15) is 50.1 Å². The minimum absolute atomic E-state index is 1.10. The van der Waals surface area contributed by atoms with Gasteiger partial charge in [-0.3, -0.25) is 0 Å². The van der Waals surface area contributed by atoms with Gasteiger partial charge in [-0.25, -0.2) is 0 Å². The fourth-order valence-electron chi connectivity index (χ4n) is 4.35. The third kappa shape index (κ3) is 2.05. The van der Waals surface area contributed by atoms with E-state index in [1.165, 1.54) is 27.8 Å². The number of hydrogen-bond acceptors (Lipinski definition) is 0. The van der Waals surface area contributed by atoms with Gasteiger partial charge in [0.1, 0.15) is 0 Å². The van der Waals surface area contributed by atoms with Crippen molar-refractivity contribution in [3.05, 3.63) is 105 Å². The highest BCUT2D eigenvalue weighted by molar-refractivity contribution is 5.56. The first-order valence-corrected chi connectivity index (χ1v) is 8.55. The van der Waals surface area contributed by atoms with Gasteiger partial charge >= 0.3 is 0 Å². The lowest BCUT2D eigenvalue weighted by Crippen LogP contribution is -2.16. The molecule has 2 aliphatic carbocycles. The molecular formula is C23H20. The van der Waals surface area contributed by atoms with Crippen molar-refractivity contribution in [3.8, 4) is 0 Å². The molecular weight excluding hydrogens is 276 g/mol. The summed E-state index contributed by atoms with van der Waals surface area (Å²) in [6.07, 6.45) is 4.41. The normalized spacial score (nSPS) is 14.5. The average molecular weight is 296 g/mol. The summed E-state index contributed by atoms with van der Waals surface area (Å²) >= 11 is 0. The summed E-state index contributed by atoms with van der Waals surface area (Å²) in [5.74, 6) is 0. The van der Waals surface area contributed by atoms with Crippen LogP contribution in [-0.2, 0) is 25.7 Å². The molecule has 23 heavy (non-hydrogen) atoms. The minimum atomic E-state index is 1.10. The molecule has 0 unspecified atom stereocenters. The average Bonchev–Trinajstić information content (AvgIpc) is 2.58. The van der Waals surface area contributed by atoms with Crippen LogP contribution in [0, 0.1) is 6.92 Å². The molecule has 3 aromatic carbocycles. The molecule has 0 heteroatoms. The maximum Gasteiger partial charge on any atom is -0.00170 e. The molecule has 0 heterocycles. The summed E-state index contributed by atoms with van der Waals surface area (Å²) in [7, 11) is 0. The van der Waals surface area contributed by atoms with Crippen LogP contribution in [0.5, 0.6) is 0 Å². The topological polar surface area (TPSA) is 0 Å². The molecule has 0 saturated heterocycles. The monoisotopic (exact) mass is 296 g/mol. The Hall–Kier alpha value is -2.34. The third-order valence-electron chi connectivity index (χ3n) is 5.60. The highest BCUT2D eigenvalue weighted by Crippen LogP contribution is 2.36. The van der Waals surface area contributed by atoms with Crippen molar-refractivity contribution >= 4 is 0 Å². The number of rotatable bonds is 0. The number of hydrogen-bond donors (Lipinski definition) is 0. The standard InChI is InChI=1S/C23H20/c1-15-6-7-18-12-20-9-8-19-11-16-4-2-3-5-17(16)13-22(19)23(20)14-21(18)10-15/h2-10H,11-14H2,1H3. The van der Waals surface area contributed by atoms with Crippen LogP contribution in [0.15, 0.2) is 54.6 Å². The number of benzene rings is 3. The van der Waals surface area contributed by atoms with Gasteiger partial charge in [0.25, 0.3) is 0 Å². The van der Waals surface area contributed by atoms with E-state index in [-0.39, 0.29) is 0 Å². The summed E-state index contributed by atoms with van der Waals surface area (Å²) in [4.78, 5) is 0. The van der Waals surface area contributed by atoms with Crippen LogP contribution >= 0.6 is 0 Å². The molecule has 3 aromatic rings. The molecule has 0 radical (unpaired) electrons. The Balaban J connectivity index is 1.63. The molecule has 0 saturated carbocycles. The summed E-state index contributed by atoms with van der Waals surface area (Å²) in [6.45, 7) is 2.20. The smallest absolute Gasteiger partial charge is 0.00170 e. The van der Waals surface area contributed by atoms with Gasteiger partial charge in [0.2, 0.25) is 0 Å². The summed E-state index contributed by atoms with van der Waals surface area (Å²) in [5, 5.41) is 0. The van der Waals surface area contributed by atoms with Crippen molar-refractivity contribution in [2.75, 3.05) is 0 Å². The Morgan fingerprint density at radius 2 is 1.04 bits per heavy atom. The van der Waals surface area contributed by atoms with Crippen LogP contribution in [0.4, 0.5) is 0 Å². The lowest BCUT2D eigenvalue weighted by atomic mass is 9.76. The van der Waals surface area contributed by atoms with Gasteiger partial charge in [-0.15, -0.1) is 0 Å². The highest BCUT2D eigenvalue weighted by atomic mass is 14.3. The Labute approximate surface area is 137 Å². The van der Waals surface area contributed by atoms with Gasteiger partial charge in [0.15, 0.2) is 0 Å². The van der Waals surface area contributed by atoms with Gasteiger partial charge in [-0.2, -0.15) is 0 Å². The van der Waals surface area contributed by atoms with E-state index in [2.05, 4.69) is 61.5 Å². The molecule has 0 fully saturated rings. The Bertz CT molecular complexity index is 931. The quantitative estimate of drug-likeness (QED) is 0.378. The fourth-order valence-corrected chi connectivity index (χ4v) is 4.35. The third-order valence-corrected chi connectivity index (χ3v) is 5.60. The zero-order chi connectivity index (χ0) is 15.4. The Morgan fingerprint density at radius 3 is 1.74 bits per heavy atom. The van der Waals surface area contributed by atoms with E-state index >= 15 is 0 Å². The van der Waals surface area contributed by atoms with Crippen molar-refractivity contribution in [1.29, 1.82) is 0 Å². The van der Waals surface area contributed by atoms with Crippen LogP contribution in [0.3, 0.4) is 0 Å². The summed E-state index contributed by atoms with van der Waals surface area (Å²) in [6, 6.07) is 20.7. The van der Waals surface area contributed by atoms with Crippen LogP contribution in [0.25, 0.3) is 0 Å². The van der Waals surface area contributed by atoms with E-state index in [1.54, 1.807) is 22.3 Å². The van der Waals surface area contributed by atoms with Crippen molar-refractivity contribution in [1.82, 2.24) is 0 Å². The second kappa shape index (κ2) is 4.83. The van der Waals surface area contributed by atoms with E-state index in [9.17, 15) is 0 Å². The molecule has 5 rings (SSSR count). The van der Waals surface area contributed by atoms with Crippen molar-refractivity contribution in [2.45, 2.75) is 32.6 Å². The molecule has 0 N–H and O–H groups in total. The maximum absolute atomic E-state index is 2.38. The molecule has 0 amide bonds. The Morgan fingerprint density at radius 1 is 0.522 bits per heavy atom. The van der Waals surface area contributed by atoms with Crippen LogP contribution in [0.2, 0.25) is 0 Å². The molecule has 0 atom stereocenters. The number of aryl methyl sites for hydroxylation is 1. The lowest BCUT2D eigenvalue weighted by molar-refractivity contribution is 0.918. The second-order valence-corrected chi connectivity index (χ2v) is 7.09. The van der Waals surface area contributed by atoms with E-state index < -0.39 is 0 Å². The zero-order valence-corrected chi connectivity index (χ0v) is 13.5. The summed E-state index contributed by atoms with van der Waals surface area (Å²) < 4.78 is 0. The molecule has 0 aromatic heterocycles. The van der Waals surface area contributed by atoms with Crippen LogP contribution in [-0.4, -0.2) is 0 Å². The predicted octanol–water partition coefficient (Wildman–Crippen LogP) is 4.99. The van der Waals surface area contributed by atoms with Gasteiger partial charge in [-0.05, 0) is 77.1 Å². The van der Waals surface area contributed by atoms with Gasteiger partial charge < -0.3 is 0 Å². The van der Waals surface area contributed by atoms with Gasteiger partial charge in [0, 0.05) is 0 Å². The lowest BCUT2D eigenvalue weighted by Gasteiger charge is -2.28. The first-order valence-electron chi connectivity index (χ1n) is 8.55. The van der Waals surface area contributed by atoms with E-state index in [0.29, 0.717) is 0 Å². The molecule has 112 valence electrons. The van der Waals surface area contributed by atoms with Crippen molar-refractivity contribution < 1.29 is 0 Å². The number of fused-ring (bicyclic) bond motifs is 5. The minimum Gasteiger partial charge on any atom is -0.0620 e. The Kier molecular flexibility index (Phi) is 2.76. The predicted molar refractivity (Wildman–Crippen MR) is 95.3 cm³/mol. The van der Waals surface area contributed by atoms with E-state index in [0.717, 1.165) is 25.7 Å². The maximum atomic E-state index is 2.38. The molecule has 0 aliphatic heterocycles. The van der Waals surface area contributed by atoms with Crippen molar-refractivity contribution in [2.24, 2.45) is 0 Å².